The molecule has 3 rings (SSSR count). The van der Waals surface area contributed by atoms with Crippen molar-refractivity contribution in [1.29, 1.82) is 0 Å². The molecule has 1 aliphatic rings. The Morgan fingerprint density at radius 1 is 1.41 bits per heavy atom. The fourth-order valence-corrected chi connectivity index (χ4v) is 4.26. The monoisotopic (exact) mass is 421 g/mol. The van der Waals surface area contributed by atoms with E-state index in [1.54, 1.807) is 24.3 Å². The van der Waals surface area contributed by atoms with Crippen LogP contribution >= 0.6 is 7.94 Å². The molecule has 1 aliphatic heterocycles. The summed E-state index contributed by atoms with van der Waals surface area (Å²) in [5.74, 6) is 0.287. The zero-order chi connectivity index (χ0) is 20.9. The van der Waals surface area contributed by atoms with E-state index in [-0.39, 0.29) is 36.9 Å². The number of Topliss-reactive ketones (excluding diaryl/α,β-unsaturated/α-hetero) is 1. The lowest BCUT2D eigenvalue weighted by Gasteiger charge is -2.34. The summed E-state index contributed by atoms with van der Waals surface area (Å²) in [6.07, 6.45) is 2.79. The highest BCUT2D eigenvalue weighted by molar-refractivity contribution is 7.59. The van der Waals surface area contributed by atoms with Gasteiger partial charge in [0.15, 0.2) is 11.5 Å². The smallest absolute Gasteiger partial charge is 0.349 e. The third-order valence-electron chi connectivity index (χ3n) is 4.40. The van der Waals surface area contributed by atoms with E-state index in [2.05, 4.69) is 4.98 Å². The Morgan fingerprint density at radius 2 is 2.21 bits per heavy atom. The summed E-state index contributed by atoms with van der Waals surface area (Å²) in [4.78, 5) is 40.8. The van der Waals surface area contributed by atoms with Gasteiger partial charge in [-0.1, -0.05) is 25.5 Å². The Bertz CT molecular complexity index is 911. The maximum Gasteiger partial charge on any atom is 0.349 e. The number of nitrogens with zero attached hydrogens (tertiary/aromatic N) is 2. The number of ether oxygens (including phenoxy) is 1. The van der Waals surface area contributed by atoms with Gasteiger partial charge in [-0.15, -0.1) is 0 Å². The van der Waals surface area contributed by atoms with Gasteiger partial charge in [0.05, 0.1) is 12.1 Å². The highest BCUT2D eigenvalue weighted by Crippen LogP contribution is 2.55. The number of nitrogen functional groups attached to an aromatic ring is 1. The predicted octanol–water partition coefficient (Wildman–Crippen LogP) is 1.77. The van der Waals surface area contributed by atoms with Gasteiger partial charge in [0.25, 0.3) is 0 Å². The van der Waals surface area contributed by atoms with Crippen LogP contribution in [0.25, 0.3) is 0 Å². The number of rotatable bonds is 8. The van der Waals surface area contributed by atoms with Crippen LogP contribution in [0.5, 0.6) is 5.75 Å². The second-order valence-corrected chi connectivity index (χ2v) is 8.65. The van der Waals surface area contributed by atoms with E-state index >= 15 is 0 Å². The quantitative estimate of drug-likeness (QED) is 0.504. The maximum atomic E-state index is 12.9. The molecule has 156 valence electrons. The van der Waals surface area contributed by atoms with E-state index in [4.69, 9.17) is 19.5 Å². The van der Waals surface area contributed by atoms with E-state index < -0.39 is 19.7 Å². The summed E-state index contributed by atoms with van der Waals surface area (Å²) < 4.78 is 18.0. The van der Waals surface area contributed by atoms with E-state index in [0.29, 0.717) is 12.0 Å². The van der Waals surface area contributed by atoms with Crippen LogP contribution in [0.4, 0.5) is 5.82 Å². The molecule has 2 N–H and O–H groups in total. The first kappa shape index (κ1) is 21.4. The zero-order valence-corrected chi connectivity index (χ0v) is 17.0. The van der Waals surface area contributed by atoms with Gasteiger partial charge in [-0.3, -0.25) is 9.36 Å². The second kappa shape index (κ2) is 9.45. The van der Waals surface area contributed by atoms with Crippen molar-refractivity contribution in [3.05, 3.63) is 52.6 Å². The molecule has 1 aromatic heterocycles. The minimum atomic E-state index is -3.59. The molecule has 1 saturated heterocycles. The van der Waals surface area contributed by atoms with Crippen LogP contribution in [0.1, 0.15) is 36.5 Å². The fraction of sp³-hybridized carbons (Fsp3) is 0.421. The van der Waals surface area contributed by atoms with Crippen molar-refractivity contribution in [3.63, 3.8) is 0 Å². The number of unbranched alkanes of at least 4 members (excludes halogenated alkanes) is 1. The van der Waals surface area contributed by atoms with Crippen molar-refractivity contribution >= 4 is 19.5 Å². The third-order valence-corrected chi connectivity index (χ3v) is 5.89. The number of hydrogen-bond acceptors (Lipinski definition) is 8. The maximum absolute atomic E-state index is 12.9. The van der Waals surface area contributed by atoms with E-state index in [1.165, 1.54) is 16.8 Å². The number of carbonyl (C=O) groups is 1. The molecule has 2 heterocycles. The SMILES string of the molecule is CCCCC(=O)c1ccccc1O[P+]1([O-])COC(Cn2ccc(N)nc2=O)CO1. The van der Waals surface area contributed by atoms with Gasteiger partial charge in [-0.2, -0.15) is 9.51 Å². The van der Waals surface area contributed by atoms with Gasteiger partial charge in [-0.05, 0) is 24.6 Å². The first-order valence-corrected chi connectivity index (χ1v) is 11.1. The number of para-hydroxylation sites is 1. The molecule has 0 aliphatic carbocycles. The minimum Gasteiger partial charge on any atom is -0.622 e. The Balaban J connectivity index is 1.62. The minimum absolute atomic E-state index is 0.0277. The van der Waals surface area contributed by atoms with E-state index in [9.17, 15) is 14.5 Å². The van der Waals surface area contributed by atoms with Crippen LogP contribution in [-0.4, -0.2) is 34.4 Å². The van der Waals surface area contributed by atoms with Crippen molar-refractivity contribution in [2.45, 2.75) is 38.8 Å². The summed E-state index contributed by atoms with van der Waals surface area (Å²) >= 11 is 0. The molecule has 0 radical (unpaired) electrons. The molecule has 29 heavy (non-hydrogen) atoms. The average Bonchev–Trinajstić information content (AvgIpc) is 2.70. The molecule has 2 atom stereocenters. The van der Waals surface area contributed by atoms with Crippen LogP contribution in [0, 0.1) is 0 Å². The molecule has 0 bridgehead atoms. The van der Waals surface area contributed by atoms with Crippen LogP contribution in [0.2, 0.25) is 0 Å². The molecule has 1 fully saturated rings. The molecular weight excluding hydrogens is 397 g/mol. The van der Waals surface area contributed by atoms with Gasteiger partial charge in [0.2, 0.25) is 6.35 Å². The Morgan fingerprint density at radius 3 is 2.90 bits per heavy atom. The molecule has 0 saturated carbocycles. The molecule has 2 unspecified atom stereocenters. The number of hydrogen-bond donors (Lipinski definition) is 1. The lowest BCUT2D eigenvalue weighted by molar-refractivity contribution is -0.229. The predicted molar refractivity (Wildman–Crippen MR) is 106 cm³/mol. The standard InChI is InChI=1S/C19H24N3O6P/c1-2-3-7-16(23)15-6-4-5-8-17(15)28-29(25)13-26-14(12-27-29)11-22-10-9-18(20)21-19(22)24/h4-6,8-10,14H,2-3,7,11-13H2,1H3,(H2,20,21,24). The summed E-state index contributed by atoms with van der Waals surface area (Å²) in [6.45, 7) is 2.16. The zero-order valence-electron chi connectivity index (χ0n) is 16.2. The van der Waals surface area contributed by atoms with Crippen molar-refractivity contribution in [3.8, 4) is 5.75 Å². The number of aromatic nitrogens is 2. The molecule has 2 aromatic rings. The number of benzene rings is 1. The van der Waals surface area contributed by atoms with Crippen molar-refractivity contribution < 1.29 is 23.5 Å². The van der Waals surface area contributed by atoms with Gasteiger partial charge < -0.3 is 19.9 Å². The van der Waals surface area contributed by atoms with Crippen molar-refractivity contribution in [2.24, 2.45) is 0 Å². The lowest BCUT2D eigenvalue weighted by atomic mass is 10.1. The third kappa shape index (κ3) is 5.61. The first-order valence-electron chi connectivity index (χ1n) is 9.40. The largest absolute Gasteiger partial charge is 0.622 e. The van der Waals surface area contributed by atoms with Crippen LogP contribution < -0.4 is 20.8 Å². The number of carbonyl (C=O) groups excluding carboxylic acids is 1. The molecule has 10 heteroatoms. The van der Waals surface area contributed by atoms with Gasteiger partial charge >= 0.3 is 13.6 Å². The van der Waals surface area contributed by atoms with E-state index in [1.807, 2.05) is 6.92 Å². The summed E-state index contributed by atoms with van der Waals surface area (Å²) in [6, 6.07) is 8.17. The van der Waals surface area contributed by atoms with Crippen LogP contribution in [0.15, 0.2) is 41.3 Å². The van der Waals surface area contributed by atoms with Gasteiger partial charge in [-0.25, -0.2) is 4.79 Å². The van der Waals surface area contributed by atoms with Crippen molar-refractivity contribution in [1.82, 2.24) is 9.55 Å². The molecule has 9 nitrogen and oxygen atoms in total. The Labute approximate surface area is 169 Å². The average molecular weight is 421 g/mol. The first-order chi connectivity index (χ1) is 13.9. The topological polar surface area (TPSA) is 129 Å². The molecule has 1 aromatic carbocycles. The highest BCUT2D eigenvalue weighted by Gasteiger charge is 2.40. The Hall–Kier alpha value is -2.32. The summed E-state index contributed by atoms with van der Waals surface area (Å²) in [5.41, 5.74) is 5.35. The van der Waals surface area contributed by atoms with Gasteiger partial charge in [0.1, 0.15) is 18.5 Å². The number of ketones is 1. The molecular formula is C19H24N3O6P. The second-order valence-electron chi connectivity index (χ2n) is 6.73. The van der Waals surface area contributed by atoms with E-state index in [0.717, 1.165) is 12.8 Å². The highest BCUT2D eigenvalue weighted by atomic mass is 31.2. The summed E-state index contributed by atoms with van der Waals surface area (Å²) in [7, 11) is -3.59. The normalized spacial score (nSPS) is 21.7. The van der Waals surface area contributed by atoms with Crippen molar-refractivity contribution in [2.75, 3.05) is 18.7 Å². The van der Waals surface area contributed by atoms with Crippen LogP contribution in [0.3, 0.4) is 0 Å². The number of nitrogens with two attached hydrogens (primary N) is 1. The Kier molecular flexibility index (Phi) is 6.97. The number of anilines is 1. The summed E-state index contributed by atoms with van der Waals surface area (Å²) in [5, 5.41) is 0. The van der Waals surface area contributed by atoms with Gasteiger partial charge in [0, 0.05) is 12.6 Å². The molecule has 0 amide bonds. The lowest BCUT2D eigenvalue weighted by Crippen LogP contribution is -2.39. The fourth-order valence-electron chi connectivity index (χ4n) is 2.84. The van der Waals surface area contributed by atoms with Crippen LogP contribution in [-0.2, 0) is 15.8 Å². The molecule has 0 spiro atoms.